The van der Waals surface area contributed by atoms with Crippen molar-refractivity contribution in [3.63, 3.8) is 0 Å². The van der Waals surface area contributed by atoms with Crippen LogP contribution in [0.3, 0.4) is 0 Å². The number of nitrogens with one attached hydrogen (secondary N) is 1. The van der Waals surface area contributed by atoms with Crippen LogP contribution in [0.2, 0.25) is 5.02 Å². The molecule has 0 aliphatic carbocycles. The van der Waals surface area contributed by atoms with E-state index in [0.717, 1.165) is 34.0 Å². The van der Waals surface area contributed by atoms with E-state index in [9.17, 15) is 13.2 Å². The molecule has 0 aliphatic heterocycles. The van der Waals surface area contributed by atoms with Gasteiger partial charge in [0, 0.05) is 17.8 Å². The summed E-state index contributed by atoms with van der Waals surface area (Å²) in [6.07, 6.45) is 1.52. The van der Waals surface area contributed by atoms with Crippen LogP contribution in [0.4, 0.5) is 5.69 Å². The standard InChI is InChI=1S/C21H27ClN2O4S/c1-5-15-9-8-10-16(6-2)21(15)23-20(25)14-24(4)29(26,27)19-13-17(22)11-12-18(19)28-7-3/h8-13H,5-7,14H2,1-4H3,(H,23,25). The van der Waals surface area contributed by atoms with E-state index < -0.39 is 15.9 Å². The van der Waals surface area contributed by atoms with E-state index >= 15 is 0 Å². The summed E-state index contributed by atoms with van der Waals surface area (Å²) in [5.41, 5.74) is 2.78. The number of aryl methyl sites for hydroxylation is 2. The minimum absolute atomic E-state index is 0.0645. The molecule has 0 saturated carbocycles. The molecular weight excluding hydrogens is 412 g/mol. The van der Waals surface area contributed by atoms with Crippen LogP contribution in [0.15, 0.2) is 41.3 Å². The van der Waals surface area contributed by atoms with Gasteiger partial charge in [-0.2, -0.15) is 4.31 Å². The zero-order chi connectivity index (χ0) is 21.6. The summed E-state index contributed by atoms with van der Waals surface area (Å²) in [6.45, 7) is 5.76. The fourth-order valence-electron chi connectivity index (χ4n) is 3.00. The van der Waals surface area contributed by atoms with Gasteiger partial charge in [-0.25, -0.2) is 8.42 Å². The topological polar surface area (TPSA) is 75.7 Å². The first-order valence-corrected chi connectivity index (χ1v) is 11.4. The predicted molar refractivity (Wildman–Crippen MR) is 116 cm³/mol. The van der Waals surface area contributed by atoms with Crippen LogP contribution in [0.5, 0.6) is 5.75 Å². The number of para-hydroxylation sites is 1. The lowest BCUT2D eigenvalue weighted by Crippen LogP contribution is -2.35. The summed E-state index contributed by atoms with van der Waals surface area (Å²) >= 11 is 5.99. The molecule has 0 aromatic heterocycles. The molecule has 0 saturated heterocycles. The first-order chi connectivity index (χ1) is 13.7. The normalized spacial score (nSPS) is 11.5. The number of likely N-dealkylation sites (N-methyl/N-ethyl adjacent to an activating group) is 1. The summed E-state index contributed by atoms with van der Waals surface area (Å²) in [7, 11) is -2.61. The Morgan fingerprint density at radius 2 is 1.72 bits per heavy atom. The van der Waals surface area contributed by atoms with Crippen LogP contribution in [-0.4, -0.2) is 38.8 Å². The SMILES string of the molecule is CCOc1ccc(Cl)cc1S(=O)(=O)N(C)CC(=O)Nc1c(CC)cccc1CC. The lowest BCUT2D eigenvalue weighted by molar-refractivity contribution is -0.116. The van der Waals surface area contributed by atoms with Crippen molar-refractivity contribution < 1.29 is 17.9 Å². The summed E-state index contributed by atoms with van der Waals surface area (Å²) < 4.78 is 32.5. The van der Waals surface area contributed by atoms with Crippen LogP contribution in [0.1, 0.15) is 31.9 Å². The highest BCUT2D eigenvalue weighted by molar-refractivity contribution is 7.89. The molecule has 2 rings (SSSR count). The highest BCUT2D eigenvalue weighted by Crippen LogP contribution is 2.29. The summed E-state index contributed by atoms with van der Waals surface area (Å²) in [4.78, 5) is 12.6. The fraction of sp³-hybridized carbons (Fsp3) is 0.381. The van der Waals surface area contributed by atoms with Crippen molar-refractivity contribution in [3.8, 4) is 5.75 Å². The molecule has 6 nitrogen and oxygen atoms in total. The van der Waals surface area contributed by atoms with E-state index in [1.165, 1.54) is 19.2 Å². The van der Waals surface area contributed by atoms with Crippen molar-refractivity contribution in [3.05, 3.63) is 52.5 Å². The van der Waals surface area contributed by atoms with E-state index in [1.54, 1.807) is 13.0 Å². The number of hydrogen-bond donors (Lipinski definition) is 1. The number of amides is 1. The molecule has 1 amide bonds. The summed E-state index contributed by atoms with van der Waals surface area (Å²) in [5, 5.41) is 3.16. The van der Waals surface area contributed by atoms with Gasteiger partial charge in [0.15, 0.2) is 0 Å². The quantitative estimate of drug-likeness (QED) is 0.638. The van der Waals surface area contributed by atoms with Crippen molar-refractivity contribution in [2.75, 3.05) is 25.5 Å². The van der Waals surface area contributed by atoms with Crippen molar-refractivity contribution >= 4 is 33.2 Å². The Kier molecular flexibility index (Phi) is 8.07. The Morgan fingerprint density at radius 1 is 1.10 bits per heavy atom. The Bertz CT molecular complexity index is 954. The molecule has 0 radical (unpaired) electrons. The molecule has 158 valence electrons. The largest absolute Gasteiger partial charge is 0.492 e. The average Bonchev–Trinajstić information content (AvgIpc) is 2.69. The number of sulfonamides is 1. The Hall–Kier alpha value is -2.09. The van der Waals surface area contributed by atoms with Gasteiger partial charge in [-0.3, -0.25) is 4.79 Å². The van der Waals surface area contributed by atoms with Crippen molar-refractivity contribution in [1.82, 2.24) is 4.31 Å². The van der Waals surface area contributed by atoms with E-state index in [4.69, 9.17) is 16.3 Å². The maximum absolute atomic E-state index is 13.0. The minimum Gasteiger partial charge on any atom is -0.492 e. The zero-order valence-corrected chi connectivity index (χ0v) is 18.7. The molecule has 0 spiro atoms. The van der Waals surface area contributed by atoms with Crippen LogP contribution >= 0.6 is 11.6 Å². The number of carbonyl (C=O) groups excluding carboxylic acids is 1. The zero-order valence-electron chi connectivity index (χ0n) is 17.2. The highest BCUT2D eigenvalue weighted by atomic mass is 35.5. The lowest BCUT2D eigenvalue weighted by Gasteiger charge is -2.20. The number of benzene rings is 2. The number of ether oxygens (including phenoxy) is 1. The maximum atomic E-state index is 13.0. The Balaban J connectivity index is 2.25. The molecule has 2 aromatic carbocycles. The predicted octanol–water partition coefficient (Wildman–Crippen LogP) is 4.12. The number of anilines is 1. The molecule has 29 heavy (non-hydrogen) atoms. The van der Waals surface area contributed by atoms with Gasteiger partial charge in [-0.1, -0.05) is 43.6 Å². The number of halogens is 1. The van der Waals surface area contributed by atoms with Gasteiger partial charge in [-0.05, 0) is 49.1 Å². The molecule has 1 N–H and O–H groups in total. The van der Waals surface area contributed by atoms with Gasteiger partial charge < -0.3 is 10.1 Å². The van der Waals surface area contributed by atoms with Crippen molar-refractivity contribution in [1.29, 1.82) is 0 Å². The van der Waals surface area contributed by atoms with E-state index in [0.29, 0.717) is 6.61 Å². The van der Waals surface area contributed by atoms with E-state index in [2.05, 4.69) is 5.32 Å². The number of hydrogen-bond acceptors (Lipinski definition) is 4. The Morgan fingerprint density at radius 3 is 2.28 bits per heavy atom. The van der Waals surface area contributed by atoms with Crippen LogP contribution in [0, 0.1) is 0 Å². The van der Waals surface area contributed by atoms with Gasteiger partial charge in [0.25, 0.3) is 0 Å². The Labute approximate surface area is 177 Å². The molecule has 0 unspecified atom stereocenters. The van der Waals surface area contributed by atoms with E-state index in [-0.39, 0.29) is 22.2 Å². The molecule has 0 bridgehead atoms. The monoisotopic (exact) mass is 438 g/mol. The van der Waals surface area contributed by atoms with Crippen LogP contribution in [0.25, 0.3) is 0 Å². The van der Waals surface area contributed by atoms with Gasteiger partial charge in [0.2, 0.25) is 15.9 Å². The number of nitrogens with zero attached hydrogens (tertiary/aromatic N) is 1. The summed E-state index contributed by atoms with van der Waals surface area (Å²) in [6, 6.07) is 10.3. The highest BCUT2D eigenvalue weighted by Gasteiger charge is 2.27. The third-order valence-electron chi connectivity index (χ3n) is 4.52. The smallest absolute Gasteiger partial charge is 0.247 e. The maximum Gasteiger partial charge on any atom is 0.247 e. The van der Waals surface area contributed by atoms with Gasteiger partial charge >= 0.3 is 0 Å². The number of carbonyl (C=O) groups is 1. The van der Waals surface area contributed by atoms with Crippen molar-refractivity contribution in [2.45, 2.75) is 38.5 Å². The molecular formula is C21H27ClN2O4S. The van der Waals surface area contributed by atoms with Gasteiger partial charge in [0.1, 0.15) is 10.6 Å². The lowest BCUT2D eigenvalue weighted by atomic mass is 10.0. The fourth-order valence-corrected chi connectivity index (χ4v) is 4.51. The second-order valence-corrected chi connectivity index (χ2v) is 8.94. The molecule has 0 aliphatic rings. The third-order valence-corrected chi connectivity index (χ3v) is 6.58. The molecule has 2 aromatic rings. The van der Waals surface area contributed by atoms with Gasteiger partial charge in [-0.15, -0.1) is 0 Å². The summed E-state index contributed by atoms with van der Waals surface area (Å²) in [5.74, 6) is -0.208. The van der Waals surface area contributed by atoms with Crippen LogP contribution < -0.4 is 10.1 Å². The van der Waals surface area contributed by atoms with Gasteiger partial charge in [0.05, 0.1) is 13.2 Å². The van der Waals surface area contributed by atoms with E-state index in [1.807, 2.05) is 32.0 Å². The molecule has 0 heterocycles. The molecule has 8 heteroatoms. The second kappa shape index (κ2) is 10.1. The first-order valence-electron chi connectivity index (χ1n) is 9.53. The third kappa shape index (κ3) is 5.50. The number of rotatable bonds is 9. The van der Waals surface area contributed by atoms with Crippen LogP contribution in [-0.2, 0) is 27.7 Å². The minimum atomic E-state index is -3.97. The molecule has 0 fully saturated rings. The van der Waals surface area contributed by atoms with Crippen molar-refractivity contribution in [2.24, 2.45) is 0 Å². The average molecular weight is 439 g/mol. The molecule has 0 atom stereocenters. The second-order valence-electron chi connectivity index (χ2n) is 6.49. The first kappa shape index (κ1) is 23.2.